The molecule has 1 aromatic carbocycles. The number of carbonyl (C=O) groups is 3. The molecule has 0 saturated heterocycles. The Morgan fingerprint density at radius 2 is 1.75 bits per heavy atom. The molecule has 2 bridgehead atoms. The third-order valence-corrected chi connectivity index (χ3v) is 7.38. The molecule has 0 radical (unpaired) electrons. The molecule has 0 spiro atoms. The highest BCUT2D eigenvalue weighted by Gasteiger charge is 2.54. The second-order valence-corrected chi connectivity index (χ2v) is 9.12. The lowest BCUT2D eigenvalue weighted by molar-refractivity contribution is -0.148. The van der Waals surface area contributed by atoms with Gasteiger partial charge >= 0.3 is 11.9 Å². The SMILES string of the molecule is CCOC(=O)c1c(-c2ccc(OCC)cc2)csc1NC(=O)[C@@H]1[C@H]2CC[C@@H](C2)[C@H]1C(=O)O. The summed E-state index contributed by atoms with van der Waals surface area (Å²) in [7, 11) is 0. The van der Waals surface area contributed by atoms with Crippen molar-refractivity contribution in [3.05, 3.63) is 35.2 Å². The number of benzene rings is 1. The lowest BCUT2D eigenvalue weighted by atomic mass is 9.79. The molecular weight excluding hydrogens is 430 g/mol. The van der Waals surface area contributed by atoms with Crippen molar-refractivity contribution in [2.45, 2.75) is 33.1 Å². The lowest BCUT2D eigenvalue weighted by Gasteiger charge is -2.27. The van der Waals surface area contributed by atoms with Crippen molar-refractivity contribution in [2.24, 2.45) is 23.7 Å². The molecule has 1 amide bonds. The number of hydrogen-bond acceptors (Lipinski definition) is 6. The van der Waals surface area contributed by atoms with Crippen LogP contribution in [-0.4, -0.2) is 36.2 Å². The molecule has 2 aliphatic rings. The van der Waals surface area contributed by atoms with Gasteiger partial charge in [-0.25, -0.2) is 4.79 Å². The molecule has 4 rings (SSSR count). The van der Waals surface area contributed by atoms with E-state index < -0.39 is 23.8 Å². The van der Waals surface area contributed by atoms with Crippen LogP contribution < -0.4 is 10.1 Å². The highest BCUT2D eigenvalue weighted by Crippen LogP contribution is 2.53. The topological polar surface area (TPSA) is 102 Å². The number of ether oxygens (including phenoxy) is 2. The van der Waals surface area contributed by atoms with Crippen LogP contribution in [0.25, 0.3) is 11.1 Å². The van der Waals surface area contributed by atoms with Crippen molar-refractivity contribution in [2.75, 3.05) is 18.5 Å². The standard InChI is InChI=1S/C24H27NO6S/c1-3-30-16-9-7-13(8-10-16)17-12-32-22(20(17)24(29)31-4-2)25-21(26)18-14-5-6-15(11-14)19(18)23(27)28/h7-10,12,14-15,18-19H,3-6,11H2,1-2H3,(H,25,26)(H,27,28)/t14-,15-,18+,19+/m0/s1. The molecule has 170 valence electrons. The maximum Gasteiger partial charge on any atom is 0.341 e. The normalized spacial score (nSPS) is 23.7. The van der Waals surface area contributed by atoms with Gasteiger partial charge < -0.3 is 19.9 Å². The molecule has 2 aromatic rings. The van der Waals surface area contributed by atoms with Crippen LogP contribution in [0.15, 0.2) is 29.6 Å². The Balaban J connectivity index is 1.63. The van der Waals surface area contributed by atoms with Gasteiger partial charge in [-0.3, -0.25) is 9.59 Å². The van der Waals surface area contributed by atoms with E-state index in [2.05, 4.69) is 5.32 Å². The van der Waals surface area contributed by atoms with Crippen molar-refractivity contribution in [3.63, 3.8) is 0 Å². The minimum atomic E-state index is -0.913. The van der Waals surface area contributed by atoms with Gasteiger partial charge in [0, 0.05) is 10.9 Å². The summed E-state index contributed by atoms with van der Waals surface area (Å²) in [5.74, 6) is -2.12. The van der Waals surface area contributed by atoms with Gasteiger partial charge in [0.1, 0.15) is 16.3 Å². The van der Waals surface area contributed by atoms with Gasteiger partial charge in [-0.2, -0.15) is 0 Å². The van der Waals surface area contributed by atoms with Gasteiger partial charge in [0.15, 0.2) is 0 Å². The van der Waals surface area contributed by atoms with E-state index in [0.717, 1.165) is 30.6 Å². The second-order valence-electron chi connectivity index (χ2n) is 8.24. The monoisotopic (exact) mass is 457 g/mol. The maximum absolute atomic E-state index is 13.2. The second kappa shape index (κ2) is 9.32. The Kier molecular flexibility index (Phi) is 6.50. The Labute approximate surface area is 190 Å². The van der Waals surface area contributed by atoms with Crippen LogP contribution in [0.4, 0.5) is 5.00 Å². The molecule has 2 fully saturated rings. The Bertz CT molecular complexity index is 1010. The smallest absolute Gasteiger partial charge is 0.341 e. The quantitative estimate of drug-likeness (QED) is 0.558. The first-order valence-corrected chi connectivity index (χ1v) is 11.9. The highest BCUT2D eigenvalue weighted by atomic mass is 32.1. The van der Waals surface area contributed by atoms with E-state index in [1.807, 2.05) is 36.6 Å². The first-order valence-electron chi connectivity index (χ1n) is 11.0. The molecule has 0 unspecified atom stereocenters. The summed E-state index contributed by atoms with van der Waals surface area (Å²) in [6.45, 7) is 4.40. The average Bonchev–Trinajstić information content (AvgIpc) is 3.49. The average molecular weight is 458 g/mol. The zero-order valence-electron chi connectivity index (χ0n) is 18.1. The fraction of sp³-hybridized carbons (Fsp3) is 0.458. The third-order valence-electron chi connectivity index (χ3n) is 6.49. The summed E-state index contributed by atoms with van der Waals surface area (Å²) in [6, 6.07) is 7.38. The summed E-state index contributed by atoms with van der Waals surface area (Å²) in [5.41, 5.74) is 1.76. The van der Waals surface area contributed by atoms with Gasteiger partial charge in [0.05, 0.1) is 25.0 Å². The number of rotatable bonds is 8. The van der Waals surface area contributed by atoms with Crippen LogP contribution in [-0.2, 0) is 14.3 Å². The first kappa shape index (κ1) is 22.3. The molecule has 1 aromatic heterocycles. The Morgan fingerprint density at radius 1 is 1.06 bits per heavy atom. The van der Waals surface area contributed by atoms with Crippen LogP contribution in [0.1, 0.15) is 43.5 Å². The summed E-state index contributed by atoms with van der Waals surface area (Å²) >= 11 is 1.24. The summed E-state index contributed by atoms with van der Waals surface area (Å²) in [6.07, 6.45) is 2.52. The molecule has 2 aliphatic carbocycles. The van der Waals surface area contributed by atoms with E-state index >= 15 is 0 Å². The van der Waals surface area contributed by atoms with Crippen molar-refractivity contribution in [1.29, 1.82) is 0 Å². The number of carbonyl (C=O) groups excluding carboxylic acids is 2. The zero-order valence-corrected chi connectivity index (χ0v) is 18.9. The van der Waals surface area contributed by atoms with Gasteiger partial charge in [0.25, 0.3) is 0 Å². The van der Waals surface area contributed by atoms with Crippen LogP contribution in [0.3, 0.4) is 0 Å². The number of fused-ring (bicyclic) bond motifs is 2. The van der Waals surface area contributed by atoms with Crippen molar-refractivity contribution < 1.29 is 29.0 Å². The van der Waals surface area contributed by atoms with Gasteiger partial charge in [-0.15, -0.1) is 11.3 Å². The van der Waals surface area contributed by atoms with Crippen LogP contribution in [0.2, 0.25) is 0 Å². The fourth-order valence-electron chi connectivity index (χ4n) is 5.18. The van der Waals surface area contributed by atoms with Crippen molar-refractivity contribution in [1.82, 2.24) is 0 Å². The van der Waals surface area contributed by atoms with Crippen molar-refractivity contribution >= 4 is 34.2 Å². The zero-order chi connectivity index (χ0) is 22.8. The predicted octanol–water partition coefficient (Wildman–Crippen LogP) is 4.68. The molecule has 7 nitrogen and oxygen atoms in total. The molecule has 2 saturated carbocycles. The fourth-order valence-corrected chi connectivity index (χ4v) is 6.15. The van der Waals surface area contributed by atoms with Crippen LogP contribution >= 0.6 is 11.3 Å². The van der Waals surface area contributed by atoms with E-state index in [4.69, 9.17) is 9.47 Å². The number of carboxylic acids is 1. The van der Waals surface area contributed by atoms with E-state index in [1.165, 1.54) is 11.3 Å². The highest BCUT2D eigenvalue weighted by molar-refractivity contribution is 7.15. The number of nitrogens with one attached hydrogen (secondary N) is 1. The Morgan fingerprint density at radius 3 is 2.38 bits per heavy atom. The van der Waals surface area contributed by atoms with E-state index in [9.17, 15) is 19.5 Å². The summed E-state index contributed by atoms with van der Waals surface area (Å²) < 4.78 is 10.8. The number of amides is 1. The van der Waals surface area contributed by atoms with E-state index in [0.29, 0.717) is 22.7 Å². The molecule has 32 heavy (non-hydrogen) atoms. The molecule has 1 heterocycles. The molecule has 8 heteroatoms. The predicted molar refractivity (Wildman–Crippen MR) is 121 cm³/mol. The molecular formula is C24H27NO6S. The number of anilines is 1. The van der Waals surface area contributed by atoms with E-state index in [1.54, 1.807) is 6.92 Å². The third kappa shape index (κ3) is 4.11. The lowest BCUT2D eigenvalue weighted by Crippen LogP contribution is -2.37. The van der Waals surface area contributed by atoms with Gasteiger partial charge in [0.2, 0.25) is 5.91 Å². The molecule has 2 N–H and O–H groups in total. The first-order chi connectivity index (χ1) is 15.4. The molecule has 0 aliphatic heterocycles. The number of aliphatic carboxylic acids is 1. The molecule has 4 atom stereocenters. The summed E-state index contributed by atoms with van der Waals surface area (Å²) in [4.78, 5) is 37.8. The Hall–Kier alpha value is -2.87. The van der Waals surface area contributed by atoms with Crippen LogP contribution in [0.5, 0.6) is 5.75 Å². The van der Waals surface area contributed by atoms with E-state index in [-0.39, 0.29) is 24.3 Å². The minimum Gasteiger partial charge on any atom is -0.494 e. The number of hydrogen-bond donors (Lipinski definition) is 2. The maximum atomic E-state index is 13.2. The number of esters is 1. The summed E-state index contributed by atoms with van der Waals surface area (Å²) in [5, 5.41) is 14.8. The number of thiophene rings is 1. The minimum absolute atomic E-state index is 0.0560. The van der Waals surface area contributed by atoms with Crippen LogP contribution in [0, 0.1) is 23.7 Å². The van der Waals surface area contributed by atoms with Crippen molar-refractivity contribution in [3.8, 4) is 16.9 Å². The largest absolute Gasteiger partial charge is 0.494 e. The van der Waals surface area contributed by atoms with Gasteiger partial charge in [-0.1, -0.05) is 12.1 Å². The van der Waals surface area contributed by atoms with Gasteiger partial charge in [-0.05, 0) is 62.6 Å². The number of carboxylic acid groups (broad SMARTS) is 1.